The third kappa shape index (κ3) is 6.59. The van der Waals surface area contributed by atoms with Gasteiger partial charge in [0.25, 0.3) is 0 Å². The van der Waals surface area contributed by atoms with E-state index in [0.717, 1.165) is 13.1 Å². The maximum absolute atomic E-state index is 3.49. The molecule has 2 nitrogen and oxygen atoms in total. The quantitative estimate of drug-likeness (QED) is 0.715. The highest BCUT2D eigenvalue weighted by molar-refractivity contribution is 7.99. The summed E-state index contributed by atoms with van der Waals surface area (Å²) >= 11 is 2.01. The third-order valence-electron chi connectivity index (χ3n) is 2.42. The summed E-state index contributed by atoms with van der Waals surface area (Å²) in [6, 6.07) is 8.69. The Bertz CT molecular complexity index is 313. The number of hydrogen-bond donors (Lipinski definition) is 1. The molecule has 0 saturated heterocycles. The molecular weight excluding hydrogens is 228 g/mol. The molecule has 96 valence electrons. The summed E-state index contributed by atoms with van der Waals surface area (Å²) in [6.45, 7) is 4.28. The van der Waals surface area contributed by atoms with Gasteiger partial charge in [-0.1, -0.05) is 19.1 Å². The van der Waals surface area contributed by atoms with Gasteiger partial charge in [0.2, 0.25) is 0 Å². The molecule has 0 fully saturated rings. The van der Waals surface area contributed by atoms with Crippen LogP contribution in [0.25, 0.3) is 0 Å². The Labute approximate surface area is 110 Å². The van der Waals surface area contributed by atoms with Gasteiger partial charge in [-0.3, -0.25) is 0 Å². The third-order valence-corrected chi connectivity index (χ3v) is 3.41. The molecule has 0 aliphatic heterocycles. The monoisotopic (exact) mass is 252 g/mol. The van der Waals surface area contributed by atoms with E-state index in [1.54, 1.807) is 0 Å². The van der Waals surface area contributed by atoms with Gasteiger partial charge in [0, 0.05) is 18.8 Å². The first-order valence-electron chi connectivity index (χ1n) is 6.27. The fourth-order valence-electron chi connectivity index (χ4n) is 1.70. The van der Waals surface area contributed by atoms with Crippen LogP contribution in [-0.4, -0.2) is 37.0 Å². The van der Waals surface area contributed by atoms with Crippen molar-refractivity contribution in [3.05, 3.63) is 29.8 Å². The minimum Gasteiger partial charge on any atom is -0.385 e. The molecule has 1 N–H and O–H groups in total. The van der Waals surface area contributed by atoms with Crippen molar-refractivity contribution in [2.24, 2.45) is 0 Å². The first-order valence-corrected chi connectivity index (χ1v) is 7.43. The zero-order valence-electron chi connectivity index (χ0n) is 11.2. The van der Waals surface area contributed by atoms with Crippen molar-refractivity contribution in [3.8, 4) is 0 Å². The summed E-state index contributed by atoms with van der Waals surface area (Å²) in [5.74, 6) is 2.47. The van der Waals surface area contributed by atoms with E-state index in [9.17, 15) is 0 Å². The first-order chi connectivity index (χ1) is 8.22. The molecule has 0 saturated carbocycles. The predicted molar refractivity (Wildman–Crippen MR) is 79.9 cm³/mol. The molecule has 1 aromatic rings. The van der Waals surface area contributed by atoms with Gasteiger partial charge in [0.15, 0.2) is 0 Å². The number of benzene rings is 1. The molecule has 0 heterocycles. The summed E-state index contributed by atoms with van der Waals surface area (Å²) in [5.41, 5.74) is 2.61. The maximum atomic E-state index is 3.49. The van der Waals surface area contributed by atoms with E-state index in [0.29, 0.717) is 0 Å². The number of nitrogens with zero attached hydrogens (tertiary/aromatic N) is 1. The lowest BCUT2D eigenvalue weighted by Gasteiger charge is -2.12. The van der Waals surface area contributed by atoms with Gasteiger partial charge in [-0.25, -0.2) is 0 Å². The lowest BCUT2D eigenvalue weighted by atomic mass is 10.2. The Morgan fingerprint density at radius 1 is 1.29 bits per heavy atom. The summed E-state index contributed by atoms with van der Waals surface area (Å²) in [7, 11) is 4.20. The Morgan fingerprint density at radius 3 is 2.82 bits per heavy atom. The summed E-state index contributed by atoms with van der Waals surface area (Å²) in [6.07, 6.45) is 1.23. The SMILES string of the molecule is CCSCCCNc1cccc(CN(C)C)c1. The summed E-state index contributed by atoms with van der Waals surface area (Å²) < 4.78 is 0. The van der Waals surface area contributed by atoms with Crippen LogP contribution in [0.4, 0.5) is 5.69 Å². The van der Waals surface area contributed by atoms with E-state index in [-0.39, 0.29) is 0 Å². The van der Waals surface area contributed by atoms with E-state index in [2.05, 4.69) is 55.5 Å². The minimum atomic E-state index is 1.00. The van der Waals surface area contributed by atoms with E-state index < -0.39 is 0 Å². The van der Waals surface area contributed by atoms with Crippen LogP contribution in [0, 0.1) is 0 Å². The van der Waals surface area contributed by atoms with Crippen LogP contribution in [0.1, 0.15) is 18.9 Å². The summed E-state index contributed by atoms with van der Waals surface area (Å²) in [4.78, 5) is 2.19. The highest BCUT2D eigenvalue weighted by atomic mass is 32.2. The van der Waals surface area contributed by atoms with Gasteiger partial charge >= 0.3 is 0 Å². The van der Waals surface area contributed by atoms with Crippen LogP contribution < -0.4 is 5.32 Å². The van der Waals surface area contributed by atoms with Crippen LogP contribution in [0.15, 0.2) is 24.3 Å². The lowest BCUT2D eigenvalue weighted by Crippen LogP contribution is -2.11. The second kappa shape index (κ2) is 8.43. The predicted octanol–water partition coefficient (Wildman–Crippen LogP) is 3.30. The van der Waals surface area contributed by atoms with E-state index in [1.165, 1.54) is 29.2 Å². The van der Waals surface area contributed by atoms with E-state index in [4.69, 9.17) is 0 Å². The normalized spacial score (nSPS) is 10.8. The number of anilines is 1. The molecule has 0 aliphatic carbocycles. The van der Waals surface area contributed by atoms with Gasteiger partial charge < -0.3 is 10.2 Å². The second-order valence-corrected chi connectivity index (χ2v) is 5.81. The van der Waals surface area contributed by atoms with E-state index in [1.807, 2.05) is 11.8 Å². The van der Waals surface area contributed by atoms with Gasteiger partial charge in [0.05, 0.1) is 0 Å². The first kappa shape index (κ1) is 14.4. The Balaban J connectivity index is 2.32. The van der Waals surface area contributed by atoms with Gasteiger partial charge in [-0.15, -0.1) is 0 Å². The lowest BCUT2D eigenvalue weighted by molar-refractivity contribution is 0.402. The van der Waals surface area contributed by atoms with Crippen molar-refractivity contribution in [1.82, 2.24) is 4.90 Å². The minimum absolute atomic E-state index is 1.00. The molecule has 0 atom stereocenters. The number of thioether (sulfide) groups is 1. The van der Waals surface area contributed by atoms with Crippen LogP contribution in [0.5, 0.6) is 0 Å². The van der Waals surface area contributed by atoms with Crippen LogP contribution in [-0.2, 0) is 6.54 Å². The Morgan fingerprint density at radius 2 is 2.12 bits per heavy atom. The number of nitrogens with one attached hydrogen (secondary N) is 1. The van der Waals surface area contributed by atoms with Gasteiger partial charge in [-0.2, -0.15) is 11.8 Å². The molecule has 0 amide bonds. The van der Waals surface area contributed by atoms with Crippen molar-refractivity contribution < 1.29 is 0 Å². The molecule has 3 heteroatoms. The molecule has 17 heavy (non-hydrogen) atoms. The number of hydrogen-bond acceptors (Lipinski definition) is 3. The highest BCUT2D eigenvalue weighted by Crippen LogP contribution is 2.12. The molecule has 1 rings (SSSR count). The number of rotatable bonds is 8. The molecule has 0 aromatic heterocycles. The highest BCUT2D eigenvalue weighted by Gasteiger charge is 1.97. The molecule has 0 radical (unpaired) electrons. The van der Waals surface area contributed by atoms with Crippen molar-refractivity contribution in [3.63, 3.8) is 0 Å². The summed E-state index contributed by atoms with van der Waals surface area (Å²) in [5, 5.41) is 3.49. The average Bonchev–Trinajstić information content (AvgIpc) is 2.28. The maximum Gasteiger partial charge on any atom is 0.0343 e. The zero-order chi connectivity index (χ0) is 12.5. The second-order valence-electron chi connectivity index (χ2n) is 4.42. The molecule has 0 bridgehead atoms. The molecule has 0 unspecified atom stereocenters. The van der Waals surface area contributed by atoms with Gasteiger partial charge in [-0.05, 0) is 49.7 Å². The van der Waals surface area contributed by atoms with Crippen molar-refractivity contribution in [1.29, 1.82) is 0 Å². The van der Waals surface area contributed by atoms with E-state index >= 15 is 0 Å². The zero-order valence-corrected chi connectivity index (χ0v) is 12.0. The van der Waals surface area contributed by atoms with Crippen molar-refractivity contribution in [2.45, 2.75) is 19.9 Å². The fraction of sp³-hybridized carbons (Fsp3) is 0.571. The Kier molecular flexibility index (Phi) is 7.13. The van der Waals surface area contributed by atoms with Crippen molar-refractivity contribution >= 4 is 17.4 Å². The van der Waals surface area contributed by atoms with Crippen LogP contribution in [0.2, 0.25) is 0 Å². The average molecular weight is 252 g/mol. The topological polar surface area (TPSA) is 15.3 Å². The van der Waals surface area contributed by atoms with Crippen LogP contribution in [0.3, 0.4) is 0 Å². The Hall–Kier alpha value is -0.670. The fourth-order valence-corrected chi connectivity index (χ4v) is 2.33. The molecule has 1 aromatic carbocycles. The standard InChI is InChI=1S/C14H24N2S/c1-4-17-10-6-9-15-14-8-5-7-13(11-14)12-16(2)3/h5,7-8,11,15H,4,6,9-10,12H2,1-3H3. The largest absolute Gasteiger partial charge is 0.385 e. The van der Waals surface area contributed by atoms with Crippen LogP contribution >= 0.6 is 11.8 Å². The van der Waals surface area contributed by atoms with Gasteiger partial charge in [0.1, 0.15) is 0 Å². The molecule has 0 aliphatic rings. The molecule has 0 spiro atoms. The van der Waals surface area contributed by atoms with Crippen molar-refractivity contribution in [2.75, 3.05) is 37.5 Å². The smallest absolute Gasteiger partial charge is 0.0343 e. The molecular formula is C14H24N2S.